The first-order valence-electron chi connectivity index (χ1n) is 10.7. The lowest BCUT2D eigenvalue weighted by Gasteiger charge is -2.07. The number of aromatic nitrogens is 5. The molecule has 11 nitrogen and oxygen atoms in total. The van der Waals surface area contributed by atoms with Crippen molar-refractivity contribution in [2.45, 2.75) is 6.92 Å². The molecule has 0 spiro atoms. The Morgan fingerprint density at radius 1 is 1.11 bits per heavy atom. The minimum Gasteiger partial charge on any atom is -0.494 e. The third kappa shape index (κ3) is 4.29. The van der Waals surface area contributed by atoms with Crippen molar-refractivity contribution in [2.75, 3.05) is 12.3 Å². The highest BCUT2D eigenvalue weighted by molar-refractivity contribution is 6.01. The highest BCUT2D eigenvalue weighted by atomic mass is 16.6. The van der Waals surface area contributed by atoms with Gasteiger partial charge < -0.3 is 10.5 Å². The van der Waals surface area contributed by atoms with Gasteiger partial charge in [-0.15, -0.1) is 5.10 Å². The fraction of sp³-hybridized carbons (Fsp3) is 0.0833. The lowest BCUT2D eigenvalue weighted by molar-refractivity contribution is 0.0950. The SMILES string of the molecule is CCOc1ccc(-c2c(C(=O)NN=Cc3cccc4ccccc34)nnn2-c2nonc2N)cc1. The summed E-state index contributed by atoms with van der Waals surface area (Å²) in [5, 5.41) is 21.7. The zero-order chi connectivity index (χ0) is 24.2. The van der Waals surface area contributed by atoms with E-state index in [1.54, 1.807) is 30.5 Å². The summed E-state index contributed by atoms with van der Waals surface area (Å²) in [6.45, 7) is 2.43. The largest absolute Gasteiger partial charge is 0.494 e. The summed E-state index contributed by atoms with van der Waals surface area (Å²) in [6, 6.07) is 20.9. The van der Waals surface area contributed by atoms with Crippen LogP contribution in [0.15, 0.2) is 76.5 Å². The molecule has 5 aromatic rings. The van der Waals surface area contributed by atoms with Crippen LogP contribution < -0.4 is 15.9 Å². The van der Waals surface area contributed by atoms with Gasteiger partial charge in [-0.3, -0.25) is 4.79 Å². The molecule has 174 valence electrons. The molecule has 11 heteroatoms. The van der Waals surface area contributed by atoms with Crippen LogP contribution in [0.5, 0.6) is 5.75 Å². The van der Waals surface area contributed by atoms with Gasteiger partial charge in [0.25, 0.3) is 5.91 Å². The zero-order valence-corrected chi connectivity index (χ0v) is 18.6. The molecule has 0 radical (unpaired) electrons. The second kappa shape index (κ2) is 9.43. The first-order valence-corrected chi connectivity index (χ1v) is 10.7. The van der Waals surface area contributed by atoms with Crippen molar-refractivity contribution < 1.29 is 14.2 Å². The fourth-order valence-electron chi connectivity index (χ4n) is 3.63. The second-order valence-electron chi connectivity index (χ2n) is 7.40. The molecule has 0 unspecified atom stereocenters. The van der Waals surface area contributed by atoms with E-state index in [9.17, 15) is 4.79 Å². The number of anilines is 1. The Morgan fingerprint density at radius 2 is 1.91 bits per heavy atom. The van der Waals surface area contributed by atoms with Gasteiger partial charge in [0.05, 0.1) is 12.8 Å². The van der Waals surface area contributed by atoms with E-state index in [0.717, 1.165) is 16.3 Å². The van der Waals surface area contributed by atoms with E-state index in [1.165, 1.54) is 4.68 Å². The molecule has 5 rings (SSSR count). The van der Waals surface area contributed by atoms with Crippen molar-refractivity contribution in [2.24, 2.45) is 5.10 Å². The minimum absolute atomic E-state index is 0.00280. The lowest BCUT2D eigenvalue weighted by Crippen LogP contribution is -2.19. The lowest BCUT2D eigenvalue weighted by atomic mass is 10.1. The normalized spacial score (nSPS) is 11.2. The fourth-order valence-corrected chi connectivity index (χ4v) is 3.63. The Hall–Kier alpha value is -5.06. The molecule has 2 heterocycles. The summed E-state index contributed by atoms with van der Waals surface area (Å²) < 4.78 is 11.5. The van der Waals surface area contributed by atoms with Gasteiger partial charge in [-0.05, 0) is 52.3 Å². The van der Waals surface area contributed by atoms with Crippen molar-refractivity contribution >= 4 is 28.7 Å². The van der Waals surface area contributed by atoms with Gasteiger partial charge in [0.1, 0.15) is 11.4 Å². The summed E-state index contributed by atoms with van der Waals surface area (Å²) in [7, 11) is 0. The van der Waals surface area contributed by atoms with Gasteiger partial charge in [-0.1, -0.05) is 47.7 Å². The maximum absolute atomic E-state index is 13.1. The Morgan fingerprint density at radius 3 is 2.69 bits per heavy atom. The second-order valence-corrected chi connectivity index (χ2v) is 7.40. The summed E-state index contributed by atoms with van der Waals surface area (Å²) in [4.78, 5) is 13.1. The first-order chi connectivity index (χ1) is 17.2. The molecule has 2 aromatic heterocycles. The average molecular weight is 468 g/mol. The van der Waals surface area contributed by atoms with Crippen LogP contribution >= 0.6 is 0 Å². The van der Waals surface area contributed by atoms with Crippen LogP contribution in [0.3, 0.4) is 0 Å². The van der Waals surface area contributed by atoms with Crippen LogP contribution in [0.1, 0.15) is 23.0 Å². The van der Waals surface area contributed by atoms with Crippen LogP contribution in [0.4, 0.5) is 5.82 Å². The summed E-state index contributed by atoms with van der Waals surface area (Å²) in [6.07, 6.45) is 1.58. The van der Waals surface area contributed by atoms with Crippen molar-refractivity contribution in [1.82, 2.24) is 30.7 Å². The van der Waals surface area contributed by atoms with Crippen molar-refractivity contribution in [3.8, 4) is 22.8 Å². The van der Waals surface area contributed by atoms with E-state index in [-0.39, 0.29) is 17.3 Å². The number of hydrazone groups is 1. The predicted octanol–water partition coefficient (Wildman–Crippen LogP) is 3.22. The van der Waals surface area contributed by atoms with Crippen LogP contribution in [-0.2, 0) is 0 Å². The smallest absolute Gasteiger partial charge is 0.294 e. The van der Waals surface area contributed by atoms with E-state index in [1.807, 2.05) is 49.4 Å². The van der Waals surface area contributed by atoms with Crippen LogP contribution in [0, 0.1) is 0 Å². The van der Waals surface area contributed by atoms with Gasteiger partial charge in [0, 0.05) is 11.1 Å². The number of hydrogen-bond donors (Lipinski definition) is 2. The van der Waals surface area contributed by atoms with E-state index in [4.69, 9.17) is 15.1 Å². The maximum Gasteiger partial charge on any atom is 0.294 e. The molecule has 3 N–H and O–H groups in total. The highest BCUT2D eigenvalue weighted by Gasteiger charge is 2.25. The van der Waals surface area contributed by atoms with Gasteiger partial charge in [0.2, 0.25) is 11.6 Å². The van der Waals surface area contributed by atoms with Crippen molar-refractivity contribution in [1.29, 1.82) is 0 Å². The predicted molar refractivity (Wildman–Crippen MR) is 129 cm³/mol. The highest BCUT2D eigenvalue weighted by Crippen LogP contribution is 2.28. The summed E-state index contributed by atoms with van der Waals surface area (Å²) in [5.41, 5.74) is 10.2. The van der Waals surface area contributed by atoms with Crippen LogP contribution in [0.25, 0.3) is 27.8 Å². The van der Waals surface area contributed by atoms with Crippen molar-refractivity contribution in [3.63, 3.8) is 0 Å². The van der Waals surface area contributed by atoms with Gasteiger partial charge in [-0.25, -0.2) is 10.1 Å². The molecule has 0 atom stereocenters. The quantitative estimate of drug-likeness (QED) is 0.273. The zero-order valence-electron chi connectivity index (χ0n) is 18.6. The number of ether oxygens (including phenoxy) is 1. The first kappa shape index (κ1) is 21.8. The van der Waals surface area contributed by atoms with Crippen LogP contribution in [0.2, 0.25) is 0 Å². The Balaban J connectivity index is 1.48. The number of hydrogen-bond acceptors (Lipinski definition) is 9. The van der Waals surface area contributed by atoms with E-state index in [2.05, 4.69) is 31.2 Å². The molecule has 35 heavy (non-hydrogen) atoms. The van der Waals surface area contributed by atoms with Crippen molar-refractivity contribution in [3.05, 3.63) is 78.0 Å². The third-order valence-corrected chi connectivity index (χ3v) is 5.21. The Bertz CT molecular complexity index is 1520. The minimum atomic E-state index is -0.563. The van der Waals surface area contributed by atoms with Gasteiger partial charge in [0.15, 0.2) is 5.69 Å². The monoisotopic (exact) mass is 468 g/mol. The Kier molecular flexibility index (Phi) is 5.87. The summed E-state index contributed by atoms with van der Waals surface area (Å²) in [5.74, 6) is 0.234. The number of nitrogen functional groups attached to an aromatic ring is 1. The average Bonchev–Trinajstić information content (AvgIpc) is 3.51. The molecule has 0 bridgehead atoms. The molecule has 0 aliphatic rings. The molecular formula is C24H20N8O3. The van der Waals surface area contributed by atoms with Crippen LogP contribution in [-0.4, -0.2) is 44.0 Å². The molecule has 1 amide bonds. The molecule has 3 aromatic carbocycles. The molecule has 0 saturated carbocycles. The summed E-state index contributed by atoms with van der Waals surface area (Å²) >= 11 is 0. The van der Waals surface area contributed by atoms with Gasteiger partial charge in [-0.2, -0.15) is 9.78 Å². The number of carbonyl (C=O) groups is 1. The van der Waals surface area contributed by atoms with E-state index >= 15 is 0 Å². The number of nitrogens with two attached hydrogens (primary N) is 1. The van der Waals surface area contributed by atoms with E-state index in [0.29, 0.717) is 23.6 Å². The standard InChI is InChI=1S/C24H20N8O3/c1-2-34-18-12-10-16(11-13-18)21-20(27-31-32(21)23-22(25)29-35-30-23)24(33)28-26-14-17-8-5-7-15-6-3-4-9-19(15)17/h3-14H,2H2,1H3,(H2,25,29)(H,28,33). The number of rotatable bonds is 7. The number of nitrogens with zero attached hydrogens (tertiary/aromatic N) is 6. The third-order valence-electron chi connectivity index (χ3n) is 5.21. The van der Waals surface area contributed by atoms with E-state index < -0.39 is 5.91 Å². The molecule has 0 saturated heterocycles. The number of carbonyl (C=O) groups excluding carboxylic acids is 1. The topological polar surface area (TPSA) is 146 Å². The number of benzene rings is 3. The van der Waals surface area contributed by atoms with Gasteiger partial charge >= 0.3 is 0 Å². The number of amides is 1. The molecular weight excluding hydrogens is 448 g/mol. The molecule has 0 aliphatic heterocycles. The number of nitrogens with one attached hydrogen (secondary N) is 1. The molecule has 0 aliphatic carbocycles. The Labute approximate surface area is 199 Å². The molecule has 0 fully saturated rings. The number of fused-ring (bicyclic) bond motifs is 1. The maximum atomic E-state index is 13.1.